The molecule has 1 aliphatic heterocycles. The van der Waals surface area contributed by atoms with E-state index in [-0.39, 0.29) is 11.5 Å². The molecule has 0 spiro atoms. The first kappa shape index (κ1) is 23.6. The van der Waals surface area contributed by atoms with Gasteiger partial charge in [-0.25, -0.2) is 0 Å². The highest BCUT2D eigenvalue weighted by molar-refractivity contribution is 8.05. The standard InChI is InChI=1S/C27H22ClN3O2S/c28-21-11-13-22(14-12-21)31-26(33)24(17-20-9-5-2-6-10-20)34-27(31)23(18-29)25(32)30-16-15-19-7-3-1-4-8-19/h1-14,24H,15-17H2,(H,30,32)/b27-23-/t24-/m0/s1. The Hall–Kier alpha value is -3.53. The zero-order chi connectivity index (χ0) is 23.9. The molecule has 0 radical (unpaired) electrons. The minimum atomic E-state index is -0.493. The van der Waals surface area contributed by atoms with E-state index in [9.17, 15) is 14.9 Å². The lowest BCUT2D eigenvalue weighted by Gasteiger charge is -2.19. The molecule has 1 N–H and O–H groups in total. The van der Waals surface area contributed by atoms with Crippen LogP contribution in [-0.2, 0) is 22.4 Å². The van der Waals surface area contributed by atoms with Crippen LogP contribution in [0, 0.1) is 11.3 Å². The lowest BCUT2D eigenvalue weighted by Crippen LogP contribution is -2.32. The molecule has 3 aromatic rings. The Kier molecular flexibility index (Phi) is 7.69. The van der Waals surface area contributed by atoms with Crippen molar-refractivity contribution in [3.63, 3.8) is 0 Å². The third kappa shape index (κ3) is 5.51. The smallest absolute Gasteiger partial charge is 0.264 e. The van der Waals surface area contributed by atoms with Gasteiger partial charge in [-0.3, -0.25) is 14.5 Å². The summed E-state index contributed by atoms with van der Waals surface area (Å²) in [5.74, 6) is -0.663. The van der Waals surface area contributed by atoms with Gasteiger partial charge in [0.15, 0.2) is 0 Å². The van der Waals surface area contributed by atoms with Gasteiger partial charge in [0.25, 0.3) is 5.91 Å². The number of hydrogen-bond donors (Lipinski definition) is 1. The van der Waals surface area contributed by atoms with Gasteiger partial charge in [-0.2, -0.15) is 5.26 Å². The molecule has 1 aliphatic rings. The van der Waals surface area contributed by atoms with Crippen LogP contribution in [0.25, 0.3) is 0 Å². The fraction of sp³-hybridized carbons (Fsp3) is 0.148. The van der Waals surface area contributed by atoms with Gasteiger partial charge >= 0.3 is 0 Å². The lowest BCUT2D eigenvalue weighted by molar-refractivity contribution is -0.117. The van der Waals surface area contributed by atoms with Crippen LogP contribution in [0.1, 0.15) is 11.1 Å². The molecular formula is C27H22ClN3O2S. The number of nitrogens with one attached hydrogen (secondary N) is 1. The van der Waals surface area contributed by atoms with E-state index in [1.807, 2.05) is 66.7 Å². The zero-order valence-corrected chi connectivity index (χ0v) is 19.9. The minimum absolute atomic E-state index is 0.0723. The Morgan fingerprint density at radius 2 is 1.59 bits per heavy atom. The Labute approximate surface area is 208 Å². The number of hydrogen-bond acceptors (Lipinski definition) is 4. The highest BCUT2D eigenvalue weighted by atomic mass is 35.5. The quantitative estimate of drug-likeness (QED) is 0.370. The average Bonchev–Trinajstić information content (AvgIpc) is 3.17. The van der Waals surface area contributed by atoms with E-state index in [0.29, 0.717) is 35.1 Å². The first-order chi connectivity index (χ1) is 16.6. The largest absolute Gasteiger partial charge is 0.351 e. The Morgan fingerprint density at radius 3 is 2.21 bits per heavy atom. The van der Waals surface area contributed by atoms with Crippen LogP contribution in [0.4, 0.5) is 5.69 Å². The normalized spacial score (nSPS) is 16.8. The van der Waals surface area contributed by atoms with Gasteiger partial charge in [0, 0.05) is 17.3 Å². The summed E-state index contributed by atoms with van der Waals surface area (Å²) in [5, 5.41) is 13.2. The van der Waals surface area contributed by atoms with E-state index < -0.39 is 11.2 Å². The molecule has 5 nitrogen and oxygen atoms in total. The van der Waals surface area contributed by atoms with E-state index in [2.05, 4.69) is 5.32 Å². The van der Waals surface area contributed by atoms with Crippen LogP contribution in [0.3, 0.4) is 0 Å². The second-order valence-electron chi connectivity index (χ2n) is 7.73. The summed E-state index contributed by atoms with van der Waals surface area (Å²) >= 11 is 7.29. The summed E-state index contributed by atoms with van der Waals surface area (Å²) in [7, 11) is 0. The number of carbonyl (C=O) groups is 2. The second kappa shape index (κ2) is 11.1. The molecule has 0 aliphatic carbocycles. The highest BCUT2D eigenvalue weighted by Crippen LogP contribution is 2.42. The van der Waals surface area contributed by atoms with Crippen molar-refractivity contribution in [3.05, 3.63) is 112 Å². The second-order valence-corrected chi connectivity index (χ2v) is 9.36. The van der Waals surface area contributed by atoms with E-state index in [1.165, 1.54) is 16.7 Å². The molecule has 0 saturated carbocycles. The highest BCUT2D eigenvalue weighted by Gasteiger charge is 2.40. The Morgan fingerprint density at radius 1 is 0.971 bits per heavy atom. The molecule has 34 heavy (non-hydrogen) atoms. The van der Waals surface area contributed by atoms with Crippen molar-refractivity contribution >= 4 is 40.9 Å². The molecule has 0 bridgehead atoms. The molecule has 7 heteroatoms. The Balaban J connectivity index is 1.61. The van der Waals surface area contributed by atoms with Crippen molar-refractivity contribution in [2.45, 2.75) is 18.1 Å². The maximum atomic E-state index is 13.4. The number of halogens is 1. The van der Waals surface area contributed by atoms with Gasteiger partial charge in [0.2, 0.25) is 5.91 Å². The van der Waals surface area contributed by atoms with Crippen LogP contribution < -0.4 is 10.2 Å². The first-order valence-corrected chi connectivity index (χ1v) is 12.1. The molecule has 0 aromatic heterocycles. The van der Waals surface area contributed by atoms with Crippen molar-refractivity contribution in [2.75, 3.05) is 11.4 Å². The molecule has 2 amide bonds. The van der Waals surface area contributed by atoms with Crippen molar-refractivity contribution in [1.29, 1.82) is 5.26 Å². The van der Waals surface area contributed by atoms with Crippen LogP contribution in [0.5, 0.6) is 0 Å². The average molecular weight is 488 g/mol. The van der Waals surface area contributed by atoms with Crippen LogP contribution in [0.15, 0.2) is 95.5 Å². The van der Waals surface area contributed by atoms with Crippen molar-refractivity contribution in [1.82, 2.24) is 5.32 Å². The summed E-state index contributed by atoms with van der Waals surface area (Å²) in [4.78, 5) is 27.9. The van der Waals surface area contributed by atoms with Crippen molar-refractivity contribution in [3.8, 4) is 6.07 Å². The summed E-state index contributed by atoms with van der Waals surface area (Å²) in [6, 6.07) is 28.3. The monoisotopic (exact) mass is 487 g/mol. The number of rotatable bonds is 7. The molecule has 1 saturated heterocycles. The van der Waals surface area contributed by atoms with Crippen molar-refractivity contribution in [2.24, 2.45) is 0 Å². The van der Waals surface area contributed by atoms with Crippen LogP contribution >= 0.6 is 23.4 Å². The maximum absolute atomic E-state index is 13.4. The SMILES string of the molecule is N#C/C(C(=O)NCCc1ccccc1)=C1/S[C@@H](Cc2ccccc2)C(=O)N1c1ccc(Cl)cc1. The molecule has 1 atom stereocenters. The predicted molar refractivity (Wildman–Crippen MR) is 136 cm³/mol. The molecule has 3 aromatic carbocycles. The van der Waals surface area contributed by atoms with Gasteiger partial charge in [0.05, 0.1) is 5.25 Å². The van der Waals surface area contributed by atoms with Gasteiger partial charge in [0.1, 0.15) is 16.7 Å². The number of amides is 2. The molecule has 1 fully saturated rings. The topological polar surface area (TPSA) is 73.2 Å². The molecular weight excluding hydrogens is 466 g/mol. The number of nitriles is 1. The molecule has 0 unspecified atom stereocenters. The van der Waals surface area contributed by atoms with Crippen LogP contribution in [-0.4, -0.2) is 23.6 Å². The minimum Gasteiger partial charge on any atom is -0.351 e. The summed E-state index contributed by atoms with van der Waals surface area (Å²) < 4.78 is 0. The maximum Gasteiger partial charge on any atom is 0.264 e. The van der Waals surface area contributed by atoms with E-state index in [0.717, 1.165) is 11.1 Å². The van der Waals surface area contributed by atoms with E-state index in [4.69, 9.17) is 11.6 Å². The fourth-order valence-electron chi connectivity index (χ4n) is 3.69. The van der Waals surface area contributed by atoms with Gasteiger partial charge in [-0.15, -0.1) is 0 Å². The number of nitrogens with zero attached hydrogens (tertiary/aromatic N) is 2. The van der Waals surface area contributed by atoms with Crippen LogP contribution in [0.2, 0.25) is 5.02 Å². The van der Waals surface area contributed by atoms with E-state index in [1.54, 1.807) is 24.3 Å². The van der Waals surface area contributed by atoms with E-state index >= 15 is 0 Å². The number of anilines is 1. The molecule has 4 rings (SSSR count). The Bertz CT molecular complexity index is 1240. The third-order valence-corrected chi connectivity index (χ3v) is 6.91. The predicted octanol–water partition coefficient (Wildman–Crippen LogP) is 5.13. The summed E-state index contributed by atoms with van der Waals surface area (Å²) in [6.07, 6.45) is 1.14. The molecule has 1 heterocycles. The van der Waals surface area contributed by atoms with Gasteiger partial charge in [-0.05, 0) is 48.2 Å². The van der Waals surface area contributed by atoms with Gasteiger partial charge < -0.3 is 5.32 Å². The van der Waals surface area contributed by atoms with Gasteiger partial charge in [-0.1, -0.05) is 84.0 Å². The molecule has 170 valence electrons. The summed E-state index contributed by atoms with van der Waals surface area (Å²) in [6.45, 7) is 0.383. The summed E-state index contributed by atoms with van der Waals surface area (Å²) in [5.41, 5.74) is 2.59. The number of benzene rings is 3. The zero-order valence-electron chi connectivity index (χ0n) is 18.3. The first-order valence-electron chi connectivity index (χ1n) is 10.8. The third-order valence-electron chi connectivity index (χ3n) is 5.40. The number of thioether (sulfide) groups is 1. The lowest BCUT2D eigenvalue weighted by atomic mass is 10.1. The fourth-order valence-corrected chi connectivity index (χ4v) is 5.13. The number of carbonyl (C=O) groups excluding carboxylic acids is 2. The van der Waals surface area contributed by atoms with Crippen molar-refractivity contribution < 1.29 is 9.59 Å².